The molecular weight excluding hydrogens is 356 g/mol. The number of hydrogen-bond donors (Lipinski definition) is 2. The normalized spacial score (nSPS) is 10.2. The number of anilines is 2. The second kappa shape index (κ2) is 8.77. The van der Waals surface area contributed by atoms with E-state index < -0.39 is 11.9 Å². The van der Waals surface area contributed by atoms with Crippen LogP contribution in [0.25, 0.3) is 0 Å². The van der Waals surface area contributed by atoms with Crippen LogP contribution in [0.3, 0.4) is 0 Å². The monoisotopic (exact) mass is 376 g/mol. The molecule has 0 saturated heterocycles. The summed E-state index contributed by atoms with van der Waals surface area (Å²) in [7, 11) is 1.29. The number of para-hydroxylation sites is 1. The molecule has 0 unspecified atom stereocenters. The summed E-state index contributed by atoms with van der Waals surface area (Å²) in [6, 6.07) is 14.7. The molecule has 142 valence electrons. The highest BCUT2D eigenvalue weighted by molar-refractivity contribution is 6.07. The number of esters is 1. The number of carbonyl (C=O) groups is 2. The molecule has 2 N–H and O–H groups in total. The van der Waals surface area contributed by atoms with Crippen molar-refractivity contribution >= 4 is 23.5 Å². The van der Waals surface area contributed by atoms with Crippen LogP contribution in [0.1, 0.15) is 31.8 Å². The predicted octanol–water partition coefficient (Wildman–Crippen LogP) is 3.44. The quantitative estimate of drug-likeness (QED) is 0.640. The van der Waals surface area contributed by atoms with Crippen LogP contribution in [0.4, 0.5) is 11.6 Å². The van der Waals surface area contributed by atoms with Crippen LogP contribution in [-0.2, 0) is 11.3 Å². The maximum Gasteiger partial charge on any atom is 0.339 e. The molecule has 1 amide bonds. The van der Waals surface area contributed by atoms with Crippen molar-refractivity contribution < 1.29 is 14.3 Å². The Kier molecular flexibility index (Phi) is 5.96. The van der Waals surface area contributed by atoms with Gasteiger partial charge in [0.05, 0.1) is 23.9 Å². The molecule has 0 aliphatic heterocycles. The number of nitrogens with one attached hydrogen (secondary N) is 2. The third-order valence-corrected chi connectivity index (χ3v) is 4.03. The third-order valence-electron chi connectivity index (χ3n) is 4.03. The molecule has 28 heavy (non-hydrogen) atoms. The molecule has 0 spiro atoms. The van der Waals surface area contributed by atoms with E-state index >= 15 is 0 Å². The van der Waals surface area contributed by atoms with Crippen LogP contribution in [0, 0.1) is 6.92 Å². The van der Waals surface area contributed by atoms with Crippen LogP contribution < -0.4 is 10.6 Å². The average molecular weight is 376 g/mol. The van der Waals surface area contributed by atoms with Crippen molar-refractivity contribution in [1.29, 1.82) is 0 Å². The number of carbonyl (C=O) groups excluding carboxylic acids is 2. The van der Waals surface area contributed by atoms with Gasteiger partial charge >= 0.3 is 5.97 Å². The van der Waals surface area contributed by atoms with E-state index in [2.05, 4.69) is 26.7 Å². The number of benzene rings is 2. The minimum Gasteiger partial charge on any atom is -0.465 e. The van der Waals surface area contributed by atoms with Gasteiger partial charge in [0.2, 0.25) is 5.95 Å². The van der Waals surface area contributed by atoms with Gasteiger partial charge in [0, 0.05) is 18.9 Å². The first-order chi connectivity index (χ1) is 13.6. The topological polar surface area (TPSA) is 93.2 Å². The fourth-order valence-electron chi connectivity index (χ4n) is 2.61. The van der Waals surface area contributed by atoms with Gasteiger partial charge in [-0.1, -0.05) is 42.0 Å². The number of aryl methyl sites for hydroxylation is 1. The Morgan fingerprint density at radius 3 is 2.50 bits per heavy atom. The highest BCUT2D eigenvalue weighted by atomic mass is 16.5. The molecule has 7 nitrogen and oxygen atoms in total. The molecule has 0 aliphatic carbocycles. The van der Waals surface area contributed by atoms with Crippen molar-refractivity contribution in [3.63, 3.8) is 0 Å². The van der Waals surface area contributed by atoms with Crippen molar-refractivity contribution in [3.8, 4) is 0 Å². The number of methoxy groups -OCH3 is 1. The lowest BCUT2D eigenvalue weighted by atomic mass is 10.1. The zero-order chi connectivity index (χ0) is 19.9. The fraction of sp³-hybridized carbons (Fsp3) is 0.143. The highest BCUT2D eigenvalue weighted by Crippen LogP contribution is 2.17. The number of rotatable bonds is 6. The Bertz CT molecular complexity index is 987. The maximum atomic E-state index is 12.4. The first kappa shape index (κ1) is 19.0. The Morgan fingerprint density at radius 2 is 1.79 bits per heavy atom. The van der Waals surface area contributed by atoms with Crippen molar-refractivity contribution in [3.05, 3.63) is 83.2 Å². The van der Waals surface area contributed by atoms with Gasteiger partial charge in [-0.3, -0.25) is 4.79 Å². The Balaban J connectivity index is 1.65. The molecule has 0 atom stereocenters. The minimum atomic E-state index is -0.525. The van der Waals surface area contributed by atoms with Crippen molar-refractivity contribution in [2.45, 2.75) is 13.5 Å². The average Bonchev–Trinajstić information content (AvgIpc) is 2.72. The summed E-state index contributed by atoms with van der Waals surface area (Å²) in [5.74, 6) is -0.516. The van der Waals surface area contributed by atoms with E-state index in [4.69, 9.17) is 4.74 Å². The molecule has 1 aromatic heterocycles. The molecule has 0 aliphatic rings. The van der Waals surface area contributed by atoms with E-state index in [1.54, 1.807) is 24.3 Å². The smallest absolute Gasteiger partial charge is 0.339 e. The lowest BCUT2D eigenvalue weighted by Crippen LogP contribution is -2.16. The summed E-state index contributed by atoms with van der Waals surface area (Å²) in [5, 5.41) is 5.81. The van der Waals surface area contributed by atoms with Crippen LogP contribution in [0.15, 0.2) is 60.9 Å². The summed E-state index contributed by atoms with van der Waals surface area (Å²) < 4.78 is 4.73. The van der Waals surface area contributed by atoms with Crippen molar-refractivity contribution in [1.82, 2.24) is 9.97 Å². The third kappa shape index (κ3) is 4.70. The number of aromatic nitrogens is 2. The van der Waals surface area contributed by atoms with E-state index in [-0.39, 0.29) is 11.1 Å². The molecule has 2 aromatic carbocycles. The molecule has 7 heteroatoms. The lowest BCUT2D eigenvalue weighted by molar-refractivity contribution is 0.0602. The Labute approximate surface area is 162 Å². The zero-order valence-electron chi connectivity index (χ0n) is 15.6. The Morgan fingerprint density at radius 1 is 1.04 bits per heavy atom. The van der Waals surface area contributed by atoms with Crippen LogP contribution in [-0.4, -0.2) is 29.0 Å². The molecule has 0 fully saturated rings. The second-order valence-corrected chi connectivity index (χ2v) is 6.13. The standard InChI is InChI=1S/C21H20N4O3/c1-14-6-5-7-15(10-14)11-22-21-23-12-16(13-24-21)19(26)25-18-9-4-3-8-17(18)20(27)28-2/h3-10,12-13H,11H2,1-2H3,(H,25,26)(H,22,23,24). The highest BCUT2D eigenvalue weighted by Gasteiger charge is 2.14. The van der Waals surface area contributed by atoms with Crippen LogP contribution >= 0.6 is 0 Å². The summed E-state index contributed by atoms with van der Waals surface area (Å²) in [6.45, 7) is 2.62. The zero-order valence-corrected chi connectivity index (χ0v) is 15.6. The SMILES string of the molecule is COC(=O)c1ccccc1NC(=O)c1cnc(NCc2cccc(C)c2)nc1. The number of hydrogen-bond acceptors (Lipinski definition) is 6. The van der Waals surface area contributed by atoms with Gasteiger partial charge in [0.25, 0.3) is 5.91 Å². The van der Waals surface area contributed by atoms with Gasteiger partial charge in [-0.25, -0.2) is 14.8 Å². The molecule has 1 heterocycles. The largest absolute Gasteiger partial charge is 0.465 e. The van der Waals surface area contributed by atoms with Crippen molar-refractivity contribution in [2.75, 3.05) is 17.7 Å². The second-order valence-electron chi connectivity index (χ2n) is 6.13. The summed E-state index contributed by atoms with van der Waals surface area (Å²) in [4.78, 5) is 32.6. The molecule has 0 saturated carbocycles. The van der Waals surface area contributed by atoms with Gasteiger partial charge < -0.3 is 15.4 Å². The fourth-order valence-corrected chi connectivity index (χ4v) is 2.61. The molecule has 0 bridgehead atoms. The van der Waals surface area contributed by atoms with Gasteiger partial charge in [0.15, 0.2) is 0 Å². The summed E-state index contributed by atoms with van der Waals surface area (Å²) >= 11 is 0. The first-order valence-electron chi connectivity index (χ1n) is 8.67. The molecule has 3 rings (SSSR count). The number of amides is 1. The lowest BCUT2D eigenvalue weighted by Gasteiger charge is -2.10. The van der Waals surface area contributed by atoms with Gasteiger partial charge in [-0.2, -0.15) is 0 Å². The van der Waals surface area contributed by atoms with E-state index in [1.165, 1.54) is 25.1 Å². The van der Waals surface area contributed by atoms with Gasteiger partial charge in [0.1, 0.15) is 0 Å². The Hall–Kier alpha value is -3.74. The van der Waals surface area contributed by atoms with Crippen LogP contribution in [0.5, 0.6) is 0 Å². The van der Waals surface area contributed by atoms with E-state index in [1.807, 2.05) is 25.1 Å². The molecule has 0 radical (unpaired) electrons. The van der Waals surface area contributed by atoms with Gasteiger partial charge in [-0.15, -0.1) is 0 Å². The van der Waals surface area contributed by atoms with Crippen LogP contribution in [0.2, 0.25) is 0 Å². The van der Waals surface area contributed by atoms with E-state index in [0.29, 0.717) is 18.2 Å². The minimum absolute atomic E-state index is 0.274. The maximum absolute atomic E-state index is 12.4. The van der Waals surface area contributed by atoms with E-state index in [0.717, 1.165) is 5.56 Å². The van der Waals surface area contributed by atoms with E-state index in [9.17, 15) is 9.59 Å². The van der Waals surface area contributed by atoms with Crippen molar-refractivity contribution in [2.24, 2.45) is 0 Å². The molecule has 3 aromatic rings. The summed E-state index contributed by atoms with van der Waals surface area (Å²) in [5.41, 5.74) is 3.21. The summed E-state index contributed by atoms with van der Waals surface area (Å²) in [6.07, 6.45) is 2.86. The number of nitrogens with zero attached hydrogens (tertiary/aromatic N) is 2. The predicted molar refractivity (Wildman–Crippen MR) is 106 cm³/mol. The molecular formula is C21H20N4O3. The van der Waals surface area contributed by atoms with Gasteiger partial charge in [-0.05, 0) is 24.6 Å². The first-order valence-corrected chi connectivity index (χ1v) is 8.67. The number of ether oxygens (including phenoxy) is 1.